The van der Waals surface area contributed by atoms with Gasteiger partial charge in [0.2, 0.25) is 0 Å². The molecule has 0 saturated heterocycles. The van der Waals surface area contributed by atoms with E-state index in [0.29, 0.717) is 0 Å². The van der Waals surface area contributed by atoms with Crippen molar-refractivity contribution in [1.29, 1.82) is 0 Å². The Hall–Kier alpha value is -0.900. The number of hydrogen-bond acceptors (Lipinski definition) is 3. The molecular formula is C16H28N2O. The fraction of sp³-hybridized carbons (Fsp3) is 0.625. The largest absolute Gasteiger partial charge is 0.380 e. The molecule has 0 radical (unpaired) electrons. The van der Waals surface area contributed by atoms with Crippen molar-refractivity contribution in [2.75, 3.05) is 32.8 Å². The second-order valence-corrected chi connectivity index (χ2v) is 5.06. The van der Waals surface area contributed by atoms with Crippen molar-refractivity contribution in [3.05, 3.63) is 34.9 Å². The molecule has 108 valence electrons. The van der Waals surface area contributed by atoms with Gasteiger partial charge in [-0.2, -0.15) is 0 Å². The van der Waals surface area contributed by atoms with Crippen LogP contribution >= 0.6 is 0 Å². The Kier molecular flexibility index (Phi) is 7.06. The summed E-state index contributed by atoms with van der Waals surface area (Å²) in [5, 5.41) is 0. The lowest BCUT2D eigenvalue weighted by Gasteiger charge is -2.25. The predicted octanol–water partition coefficient (Wildman–Crippen LogP) is 2.66. The summed E-state index contributed by atoms with van der Waals surface area (Å²) in [7, 11) is 0. The van der Waals surface area contributed by atoms with E-state index < -0.39 is 0 Å². The van der Waals surface area contributed by atoms with E-state index in [1.807, 2.05) is 6.92 Å². The van der Waals surface area contributed by atoms with Gasteiger partial charge < -0.3 is 10.5 Å². The van der Waals surface area contributed by atoms with E-state index in [1.54, 1.807) is 0 Å². The monoisotopic (exact) mass is 264 g/mol. The van der Waals surface area contributed by atoms with E-state index in [1.165, 1.54) is 16.7 Å². The van der Waals surface area contributed by atoms with Crippen molar-refractivity contribution in [3.8, 4) is 0 Å². The summed E-state index contributed by atoms with van der Waals surface area (Å²) >= 11 is 0. The van der Waals surface area contributed by atoms with Gasteiger partial charge in [-0.3, -0.25) is 4.90 Å². The van der Waals surface area contributed by atoms with Gasteiger partial charge in [-0.15, -0.1) is 0 Å². The van der Waals surface area contributed by atoms with Crippen LogP contribution in [0, 0.1) is 13.8 Å². The molecule has 0 aliphatic heterocycles. The number of nitrogens with zero attached hydrogens (tertiary/aromatic N) is 1. The number of benzene rings is 1. The van der Waals surface area contributed by atoms with Gasteiger partial charge in [0.05, 0.1) is 6.61 Å². The van der Waals surface area contributed by atoms with Crippen LogP contribution in [0.2, 0.25) is 0 Å². The van der Waals surface area contributed by atoms with Crippen LogP contribution in [0.3, 0.4) is 0 Å². The van der Waals surface area contributed by atoms with Gasteiger partial charge in [0.25, 0.3) is 0 Å². The van der Waals surface area contributed by atoms with Gasteiger partial charge in [0.1, 0.15) is 0 Å². The molecule has 1 aromatic rings. The predicted molar refractivity (Wildman–Crippen MR) is 81.5 cm³/mol. The van der Waals surface area contributed by atoms with Crippen LogP contribution < -0.4 is 5.73 Å². The highest BCUT2D eigenvalue weighted by Crippen LogP contribution is 2.18. The molecule has 0 aromatic heterocycles. The summed E-state index contributed by atoms with van der Waals surface area (Å²) < 4.78 is 5.41. The second-order valence-electron chi connectivity index (χ2n) is 5.06. The Morgan fingerprint density at radius 1 is 1.26 bits per heavy atom. The number of aryl methyl sites for hydroxylation is 2. The standard InChI is InChI=1S/C16H28N2O/c1-5-18(9-10-19-6-2)12-16(17)15-11-13(3)7-8-14(15)4/h7-8,11,16H,5-6,9-10,12,17H2,1-4H3. The van der Waals surface area contributed by atoms with Crippen molar-refractivity contribution in [3.63, 3.8) is 0 Å². The maximum absolute atomic E-state index is 6.36. The van der Waals surface area contributed by atoms with E-state index in [-0.39, 0.29) is 6.04 Å². The molecule has 3 heteroatoms. The summed E-state index contributed by atoms with van der Waals surface area (Å²) in [5.74, 6) is 0. The highest BCUT2D eigenvalue weighted by Gasteiger charge is 2.13. The van der Waals surface area contributed by atoms with Crippen molar-refractivity contribution in [1.82, 2.24) is 4.90 Å². The first-order valence-electron chi connectivity index (χ1n) is 7.21. The Labute approximate surface area is 117 Å². The number of ether oxygens (including phenoxy) is 1. The molecular weight excluding hydrogens is 236 g/mol. The van der Waals surface area contributed by atoms with Crippen molar-refractivity contribution in [2.45, 2.75) is 33.7 Å². The fourth-order valence-electron chi connectivity index (χ4n) is 2.25. The maximum atomic E-state index is 6.36. The molecule has 1 unspecified atom stereocenters. The van der Waals surface area contributed by atoms with Gasteiger partial charge in [-0.25, -0.2) is 0 Å². The van der Waals surface area contributed by atoms with Crippen LogP contribution in [0.25, 0.3) is 0 Å². The molecule has 3 nitrogen and oxygen atoms in total. The summed E-state index contributed by atoms with van der Waals surface area (Å²) in [4.78, 5) is 2.35. The quantitative estimate of drug-likeness (QED) is 0.734. The van der Waals surface area contributed by atoms with Crippen LogP contribution in [0.5, 0.6) is 0 Å². The molecule has 0 fully saturated rings. The topological polar surface area (TPSA) is 38.5 Å². The number of hydrogen-bond donors (Lipinski definition) is 1. The molecule has 0 bridgehead atoms. The van der Waals surface area contributed by atoms with E-state index in [9.17, 15) is 0 Å². The van der Waals surface area contributed by atoms with Crippen LogP contribution in [-0.4, -0.2) is 37.7 Å². The third-order valence-electron chi connectivity index (χ3n) is 3.49. The third kappa shape index (κ3) is 5.31. The second kappa shape index (κ2) is 8.31. The van der Waals surface area contributed by atoms with Crippen molar-refractivity contribution < 1.29 is 4.74 Å². The SMILES string of the molecule is CCOCCN(CC)CC(N)c1cc(C)ccc1C. The minimum Gasteiger partial charge on any atom is -0.380 e. The minimum absolute atomic E-state index is 0.0708. The van der Waals surface area contributed by atoms with Gasteiger partial charge >= 0.3 is 0 Å². The summed E-state index contributed by atoms with van der Waals surface area (Å²) in [6, 6.07) is 6.57. The number of rotatable bonds is 8. The number of nitrogens with two attached hydrogens (primary N) is 1. The Balaban J connectivity index is 2.60. The zero-order valence-corrected chi connectivity index (χ0v) is 12.8. The highest BCUT2D eigenvalue weighted by molar-refractivity contribution is 5.32. The molecule has 19 heavy (non-hydrogen) atoms. The van der Waals surface area contributed by atoms with Crippen molar-refractivity contribution >= 4 is 0 Å². The molecule has 0 amide bonds. The molecule has 1 rings (SSSR count). The fourth-order valence-corrected chi connectivity index (χ4v) is 2.25. The Morgan fingerprint density at radius 3 is 2.63 bits per heavy atom. The lowest BCUT2D eigenvalue weighted by atomic mass is 9.99. The molecule has 0 spiro atoms. The first-order chi connectivity index (χ1) is 9.08. The molecule has 0 saturated carbocycles. The maximum Gasteiger partial charge on any atom is 0.0593 e. The summed E-state index contributed by atoms with van der Waals surface area (Å²) in [5.41, 5.74) is 10.2. The van der Waals surface area contributed by atoms with E-state index in [4.69, 9.17) is 10.5 Å². The highest BCUT2D eigenvalue weighted by atomic mass is 16.5. The smallest absolute Gasteiger partial charge is 0.0593 e. The zero-order chi connectivity index (χ0) is 14.3. The van der Waals surface area contributed by atoms with Gasteiger partial charge in [-0.1, -0.05) is 30.7 Å². The molecule has 1 atom stereocenters. The zero-order valence-electron chi connectivity index (χ0n) is 12.8. The van der Waals surface area contributed by atoms with Crippen LogP contribution in [-0.2, 0) is 4.74 Å². The molecule has 0 aliphatic carbocycles. The van der Waals surface area contributed by atoms with Gasteiger partial charge in [0, 0.05) is 25.7 Å². The van der Waals surface area contributed by atoms with E-state index in [0.717, 1.165) is 32.8 Å². The lowest BCUT2D eigenvalue weighted by molar-refractivity contribution is 0.113. The summed E-state index contributed by atoms with van der Waals surface area (Å²) in [6.45, 7) is 12.8. The van der Waals surface area contributed by atoms with Crippen LogP contribution in [0.1, 0.15) is 36.6 Å². The lowest BCUT2D eigenvalue weighted by Crippen LogP contribution is -2.34. The first-order valence-corrected chi connectivity index (χ1v) is 7.21. The van der Waals surface area contributed by atoms with E-state index in [2.05, 4.69) is 43.9 Å². The summed E-state index contributed by atoms with van der Waals surface area (Å²) in [6.07, 6.45) is 0. The first kappa shape index (κ1) is 16.2. The minimum atomic E-state index is 0.0708. The van der Waals surface area contributed by atoms with Gasteiger partial charge in [-0.05, 0) is 38.4 Å². The average molecular weight is 264 g/mol. The number of likely N-dealkylation sites (N-methyl/N-ethyl adjacent to an activating group) is 1. The third-order valence-corrected chi connectivity index (χ3v) is 3.49. The average Bonchev–Trinajstić information content (AvgIpc) is 2.40. The van der Waals surface area contributed by atoms with Crippen LogP contribution in [0.15, 0.2) is 18.2 Å². The molecule has 2 N–H and O–H groups in total. The molecule has 0 aliphatic rings. The van der Waals surface area contributed by atoms with Crippen molar-refractivity contribution in [2.24, 2.45) is 5.73 Å². The molecule has 1 aromatic carbocycles. The normalized spacial score (nSPS) is 12.9. The Morgan fingerprint density at radius 2 is 2.00 bits per heavy atom. The Bertz CT molecular complexity index is 379. The van der Waals surface area contributed by atoms with Crippen LogP contribution in [0.4, 0.5) is 0 Å². The van der Waals surface area contributed by atoms with E-state index >= 15 is 0 Å². The molecule has 0 heterocycles. The van der Waals surface area contributed by atoms with Gasteiger partial charge in [0.15, 0.2) is 0 Å².